The average Bonchev–Trinajstić information content (AvgIpc) is 2.90. The van der Waals surface area contributed by atoms with Crippen molar-refractivity contribution in [1.29, 1.82) is 0 Å². The van der Waals surface area contributed by atoms with Gasteiger partial charge in [-0.1, -0.05) is 17.7 Å². The van der Waals surface area contributed by atoms with Crippen molar-refractivity contribution < 1.29 is 0 Å². The molecule has 94 valence electrons. The number of benzene rings is 1. The lowest BCUT2D eigenvalue weighted by Crippen LogP contribution is -2.28. The molecule has 0 spiro atoms. The van der Waals surface area contributed by atoms with E-state index in [1.807, 2.05) is 6.33 Å². The molecule has 0 amide bonds. The monoisotopic (exact) mass is 242 g/mol. The maximum absolute atomic E-state index is 4.32. The van der Waals surface area contributed by atoms with Gasteiger partial charge in [0.1, 0.15) is 12.2 Å². The third kappa shape index (κ3) is 2.16. The summed E-state index contributed by atoms with van der Waals surface area (Å²) in [5.74, 6) is 1.62. The normalized spacial score (nSPS) is 16.9. The van der Waals surface area contributed by atoms with Gasteiger partial charge in [-0.3, -0.25) is 4.57 Å². The van der Waals surface area contributed by atoms with Gasteiger partial charge in [-0.25, -0.2) is 0 Å². The summed E-state index contributed by atoms with van der Waals surface area (Å²) < 4.78 is 2.12. The first kappa shape index (κ1) is 11.4. The largest absolute Gasteiger partial charge is 0.317 e. The SMILES string of the molecule is Cc1ccc(-n2cnnc2C2CCNCC2)cc1. The van der Waals surface area contributed by atoms with Gasteiger partial charge in [0.25, 0.3) is 0 Å². The molecule has 4 heteroatoms. The van der Waals surface area contributed by atoms with Crippen LogP contribution in [0.15, 0.2) is 30.6 Å². The zero-order chi connectivity index (χ0) is 12.4. The van der Waals surface area contributed by atoms with Crippen molar-refractivity contribution in [3.05, 3.63) is 42.0 Å². The average molecular weight is 242 g/mol. The van der Waals surface area contributed by atoms with Crippen LogP contribution >= 0.6 is 0 Å². The van der Waals surface area contributed by atoms with Gasteiger partial charge in [-0.2, -0.15) is 0 Å². The maximum atomic E-state index is 4.32. The molecule has 4 nitrogen and oxygen atoms in total. The molecule has 18 heavy (non-hydrogen) atoms. The number of nitrogens with zero attached hydrogens (tertiary/aromatic N) is 3. The van der Waals surface area contributed by atoms with Crippen LogP contribution in [0.3, 0.4) is 0 Å². The van der Waals surface area contributed by atoms with Crippen LogP contribution in [0.1, 0.15) is 30.1 Å². The van der Waals surface area contributed by atoms with Crippen molar-refractivity contribution in [2.45, 2.75) is 25.7 Å². The Kier molecular flexibility index (Phi) is 3.11. The molecule has 0 atom stereocenters. The van der Waals surface area contributed by atoms with Gasteiger partial charge in [-0.15, -0.1) is 10.2 Å². The zero-order valence-corrected chi connectivity index (χ0v) is 10.6. The Labute approximate surface area is 107 Å². The van der Waals surface area contributed by atoms with E-state index >= 15 is 0 Å². The minimum Gasteiger partial charge on any atom is -0.317 e. The predicted octanol–water partition coefficient (Wildman–Crippen LogP) is 2.04. The van der Waals surface area contributed by atoms with E-state index < -0.39 is 0 Å². The van der Waals surface area contributed by atoms with Crippen molar-refractivity contribution in [3.63, 3.8) is 0 Å². The lowest BCUT2D eigenvalue weighted by Gasteiger charge is -2.22. The van der Waals surface area contributed by atoms with Crippen LogP contribution in [0.4, 0.5) is 0 Å². The second kappa shape index (κ2) is 4.90. The van der Waals surface area contributed by atoms with E-state index in [1.165, 1.54) is 5.56 Å². The molecule has 1 N–H and O–H groups in total. The van der Waals surface area contributed by atoms with Crippen LogP contribution in [-0.2, 0) is 0 Å². The number of nitrogens with one attached hydrogen (secondary N) is 1. The Morgan fingerprint density at radius 2 is 1.89 bits per heavy atom. The highest BCUT2D eigenvalue weighted by Crippen LogP contribution is 2.25. The van der Waals surface area contributed by atoms with E-state index in [2.05, 4.69) is 51.3 Å². The van der Waals surface area contributed by atoms with Gasteiger partial charge in [0, 0.05) is 11.6 Å². The molecule has 1 saturated heterocycles. The van der Waals surface area contributed by atoms with Gasteiger partial charge < -0.3 is 5.32 Å². The smallest absolute Gasteiger partial charge is 0.140 e. The first-order chi connectivity index (χ1) is 8.84. The van der Waals surface area contributed by atoms with Crippen molar-refractivity contribution in [2.75, 3.05) is 13.1 Å². The molecule has 0 saturated carbocycles. The first-order valence-electron chi connectivity index (χ1n) is 6.52. The minimum absolute atomic E-state index is 0.523. The van der Waals surface area contributed by atoms with Gasteiger partial charge >= 0.3 is 0 Å². The molecule has 0 bridgehead atoms. The fraction of sp³-hybridized carbons (Fsp3) is 0.429. The topological polar surface area (TPSA) is 42.7 Å². The molecular weight excluding hydrogens is 224 g/mol. The molecule has 0 unspecified atom stereocenters. The van der Waals surface area contributed by atoms with Crippen LogP contribution in [0.25, 0.3) is 5.69 Å². The Morgan fingerprint density at radius 3 is 2.61 bits per heavy atom. The second-order valence-electron chi connectivity index (χ2n) is 4.92. The van der Waals surface area contributed by atoms with E-state index in [-0.39, 0.29) is 0 Å². The summed E-state index contributed by atoms with van der Waals surface area (Å²) in [5.41, 5.74) is 2.43. The van der Waals surface area contributed by atoms with Crippen LogP contribution in [0.2, 0.25) is 0 Å². The van der Waals surface area contributed by atoms with Crippen molar-refractivity contribution in [2.24, 2.45) is 0 Å². The minimum atomic E-state index is 0.523. The molecule has 1 aromatic heterocycles. The fourth-order valence-corrected chi connectivity index (χ4v) is 2.51. The number of hydrogen-bond donors (Lipinski definition) is 1. The van der Waals surface area contributed by atoms with Crippen LogP contribution in [0.5, 0.6) is 0 Å². The van der Waals surface area contributed by atoms with Crippen molar-refractivity contribution in [3.8, 4) is 5.69 Å². The zero-order valence-electron chi connectivity index (χ0n) is 10.6. The molecule has 1 aliphatic heterocycles. The maximum Gasteiger partial charge on any atom is 0.140 e. The van der Waals surface area contributed by atoms with Crippen molar-refractivity contribution in [1.82, 2.24) is 20.1 Å². The highest BCUT2D eigenvalue weighted by atomic mass is 15.3. The summed E-state index contributed by atoms with van der Waals surface area (Å²) in [4.78, 5) is 0. The van der Waals surface area contributed by atoms with Crippen LogP contribution < -0.4 is 5.32 Å². The molecular formula is C14H18N4. The third-order valence-corrected chi connectivity index (χ3v) is 3.59. The van der Waals surface area contributed by atoms with Gasteiger partial charge in [0.05, 0.1) is 0 Å². The number of aryl methyl sites for hydroxylation is 1. The molecule has 2 heterocycles. The van der Waals surface area contributed by atoms with E-state index in [0.717, 1.165) is 37.4 Å². The first-order valence-corrected chi connectivity index (χ1v) is 6.52. The third-order valence-electron chi connectivity index (χ3n) is 3.59. The van der Waals surface area contributed by atoms with Crippen molar-refractivity contribution >= 4 is 0 Å². The summed E-state index contributed by atoms with van der Waals surface area (Å²) in [6, 6.07) is 8.51. The van der Waals surface area contributed by atoms with Gasteiger partial charge in [-0.05, 0) is 45.0 Å². The van der Waals surface area contributed by atoms with E-state index in [0.29, 0.717) is 5.92 Å². The number of rotatable bonds is 2. The van der Waals surface area contributed by atoms with E-state index in [9.17, 15) is 0 Å². The predicted molar refractivity (Wildman–Crippen MR) is 70.9 cm³/mol. The molecule has 0 aliphatic carbocycles. The Balaban J connectivity index is 1.93. The standard InChI is InChI=1S/C14H18N4/c1-11-2-4-13(5-3-11)18-10-16-17-14(18)12-6-8-15-9-7-12/h2-5,10,12,15H,6-9H2,1H3. The molecule has 1 aliphatic rings. The molecule has 1 fully saturated rings. The second-order valence-corrected chi connectivity index (χ2v) is 4.92. The van der Waals surface area contributed by atoms with Crippen LogP contribution in [0, 0.1) is 6.92 Å². The molecule has 2 aromatic rings. The number of aromatic nitrogens is 3. The van der Waals surface area contributed by atoms with E-state index in [4.69, 9.17) is 0 Å². The van der Waals surface area contributed by atoms with Gasteiger partial charge in [0.2, 0.25) is 0 Å². The lowest BCUT2D eigenvalue weighted by atomic mass is 9.97. The number of hydrogen-bond acceptors (Lipinski definition) is 3. The van der Waals surface area contributed by atoms with Gasteiger partial charge in [0.15, 0.2) is 0 Å². The van der Waals surface area contributed by atoms with Crippen LogP contribution in [-0.4, -0.2) is 27.9 Å². The Hall–Kier alpha value is -1.68. The summed E-state index contributed by atoms with van der Waals surface area (Å²) in [5, 5.41) is 11.8. The molecule has 3 rings (SSSR count). The number of piperidine rings is 1. The molecule has 0 radical (unpaired) electrons. The summed E-state index contributed by atoms with van der Waals surface area (Å²) in [6.07, 6.45) is 4.11. The Morgan fingerprint density at radius 1 is 1.17 bits per heavy atom. The summed E-state index contributed by atoms with van der Waals surface area (Å²) in [7, 11) is 0. The summed E-state index contributed by atoms with van der Waals surface area (Å²) in [6.45, 7) is 4.25. The quantitative estimate of drug-likeness (QED) is 0.876. The highest BCUT2D eigenvalue weighted by Gasteiger charge is 2.20. The fourth-order valence-electron chi connectivity index (χ4n) is 2.51. The summed E-state index contributed by atoms with van der Waals surface area (Å²) >= 11 is 0. The highest BCUT2D eigenvalue weighted by molar-refractivity contribution is 5.35. The lowest BCUT2D eigenvalue weighted by molar-refractivity contribution is 0.440. The van der Waals surface area contributed by atoms with E-state index in [1.54, 1.807) is 0 Å². The Bertz CT molecular complexity index is 509. The molecule has 1 aromatic carbocycles.